The minimum atomic E-state index is -0.0837. The second-order valence-electron chi connectivity index (χ2n) is 5.86. The fraction of sp³-hybridized carbons (Fsp3) is 0.105. The van der Waals surface area contributed by atoms with Crippen molar-refractivity contribution >= 4 is 33.4 Å². The monoisotopic (exact) mass is 316 g/mol. The molecule has 0 bridgehead atoms. The van der Waals surface area contributed by atoms with Crippen molar-refractivity contribution in [3.05, 3.63) is 54.1 Å². The molecule has 0 atom stereocenters. The topological polar surface area (TPSA) is 70.7 Å². The third kappa shape index (κ3) is 2.40. The number of benzene rings is 2. The number of anilines is 1. The number of amides is 1. The molecular formula is C19H16N4O. The van der Waals surface area contributed by atoms with Crippen LogP contribution in [0.1, 0.15) is 12.5 Å². The normalized spacial score (nSPS) is 11.1. The van der Waals surface area contributed by atoms with Crippen molar-refractivity contribution < 1.29 is 4.79 Å². The lowest BCUT2D eigenvalue weighted by atomic mass is 10.1. The third-order valence-electron chi connectivity index (χ3n) is 4.05. The maximum absolute atomic E-state index is 11.2. The van der Waals surface area contributed by atoms with Crippen LogP contribution in [-0.2, 0) is 4.79 Å². The Morgan fingerprint density at radius 3 is 2.75 bits per heavy atom. The van der Waals surface area contributed by atoms with E-state index in [-0.39, 0.29) is 5.91 Å². The molecule has 4 rings (SSSR count). The van der Waals surface area contributed by atoms with Gasteiger partial charge in [-0.2, -0.15) is 5.10 Å². The van der Waals surface area contributed by atoms with E-state index in [4.69, 9.17) is 4.98 Å². The highest BCUT2D eigenvalue weighted by atomic mass is 16.1. The van der Waals surface area contributed by atoms with Crippen LogP contribution in [0.15, 0.2) is 48.5 Å². The van der Waals surface area contributed by atoms with Crippen molar-refractivity contribution in [2.24, 2.45) is 0 Å². The van der Waals surface area contributed by atoms with Gasteiger partial charge in [-0.25, -0.2) is 4.98 Å². The molecule has 0 saturated carbocycles. The number of hydrogen-bond acceptors (Lipinski definition) is 3. The van der Waals surface area contributed by atoms with E-state index in [1.54, 1.807) is 0 Å². The number of pyridine rings is 1. The Balaban J connectivity index is 1.87. The van der Waals surface area contributed by atoms with Gasteiger partial charge in [-0.3, -0.25) is 9.89 Å². The van der Waals surface area contributed by atoms with Crippen molar-refractivity contribution in [1.82, 2.24) is 15.2 Å². The predicted molar refractivity (Wildman–Crippen MR) is 95.9 cm³/mol. The zero-order chi connectivity index (χ0) is 16.7. The number of hydrogen-bond donors (Lipinski definition) is 2. The highest BCUT2D eigenvalue weighted by Gasteiger charge is 2.11. The molecule has 0 aliphatic rings. The molecule has 0 aliphatic carbocycles. The summed E-state index contributed by atoms with van der Waals surface area (Å²) in [6.45, 7) is 3.54. The lowest BCUT2D eigenvalue weighted by molar-refractivity contribution is -0.114. The van der Waals surface area contributed by atoms with Crippen LogP contribution in [-0.4, -0.2) is 21.1 Å². The molecule has 2 aromatic heterocycles. The van der Waals surface area contributed by atoms with Crippen LogP contribution in [0.5, 0.6) is 0 Å². The van der Waals surface area contributed by atoms with Gasteiger partial charge in [-0.1, -0.05) is 18.2 Å². The number of nitrogens with one attached hydrogen (secondary N) is 2. The molecule has 2 aromatic carbocycles. The Bertz CT molecular complexity index is 1080. The number of nitrogens with zero attached hydrogens (tertiary/aromatic N) is 2. The first-order valence-electron chi connectivity index (χ1n) is 7.74. The maximum atomic E-state index is 11.2. The van der Waals surface area contributed by atoms with E-state index in [9.17, 15) is 4.79 Å². The van der Waals surface area contributed by atoms with Gasteiger partial charge in [0.2, 0.25) is 5.91 Å². The molecule has 0 saturated heterocycles. The minimum Gasteiger partial charge on any atom is -0.326 e. The number of carbonyl (C=O) groups is 1. The van der Waals surface area contributed by atoms with E-state index in [0.29, 0.717) is 0 Å². The molecule has 118 valence electrons. The van der Waals surface area contributed by atoms with Gasteiger partial charge >= 0.3 is 0 Å². The van der Waals surface area contributed by atoms with Crippen LogP contribution in [0, 0.1) is 6.92 Å². The SMILES string of the molecule is CC(=O)Nc1ccc2nc(-c3n[nH]c4ccccc34)cc(C)c2c1. The van der Waals surface area contributed by atoms with Crippen LogP contribution < -0.4 is 5.32 Å². The average molecular weight is 316 g/mol. The Kier molecular flexibility index (Phi) is 3.27. The number of aromatic nitrogens is 3. The van der Waals surface area contributed by atoms with Gasteiger partial charge in [-0.05, 0) is 42.8 Å². The summed E-state index contributed by atoms with van der Waals surface area (Å²) in [5, 5.41) is 12.4. The number of fused-ring (bicyclic) bond motifs is 2. The molecule has 24 heavy (non-hydrogen) atoms. The van der Waals surface area contributed by atoms with Gasteiger partial charge in [0.1, 0.15) is 5.69 Å². The highest BCUT2D eigenvalue weighted by molar-refractivity contribution is 5.96. The molecular weight excluding hydrogens is 300 g/mol. The fourth-order valence-electron chi connectivity index (χ4n) is 2.96. The second-order valence-corrected chi connectivity index (χ2v) is 5.86. The number of aryl methyl sites for hydroxylation is 1. The first-order valence-corrected chi connectivity index (χ1v) is 7.74. The third-order valence-corrected chi connectivity index (χ3v) is 4.05. The summed E-state index contributed by atoms with van der Waals surface area (Å²) in [4.78, 5) is 16.0. The highest BCUT2D eigenvalue weighted by Crippen LogP contribution is 2.29. The van der Waals surface area contributed by atoms with Crippen LogP contribution in [0.2, 0.25) is 0 Å². The van der Waals surface area contributed by atoms with E-state index in [2.05, 4.69) is 15.5 Å². The van der Waals surface area contributed by atoms with E-state index in [0.717, 1.165) is 44.4 Å². The molecule has 0 aliphatic heterocycles. The summed E-state index contributed by atoms with van der Waals surface area (Å²) in [6, 6.07) is 15.8. The van der Waals surface area contributed by atoms with Crippen LogP contribution in [0.4, 0.5) is 5.69 Å². The molecule has 5 nitrogen and oxygen atoms in total. The van der Waals surface area contributed by atoms with Crippen LogP contribution in [0.25, 0.3) is 33.2 Å². The summed E-state index contributed by atoms with van der Waals surface area (Å²) in [5.41, 5.74) is 5.43. The van der Waals surface area contributed by atoms with Gasteiger partial charge in [0, 0.05) is 23.4 Å². The van der Waals surface area contributed by atoms with Gasteiger partial charge < -0.3 is 5.32 Å². The van der Waals surface area contributed by atoms with Gasteiger partial charge in [0.05, 0.1) is 16.7 Å². The minimum absolute atomic E-state index is 0.0837. The average Bonchev–Trinajstić information content (AvgIpc) is 2.99. The largest absolute Gasteiger partial charge is 0.326 e. The molecule has 0 spiro atoms. The van der Waals surface area contributed by atoms with Gasteiger partial charge in [-0.15, -0.1) is 0 Å². The molecule has 5 heteroatoms. The molecule has 0 radical (unpaired) electrons. The van der Waals surface area contributed by atoms with Gasteiger partial charge in [0.25, 0.3) is 0 Å². The summed E-state index contributed by atoms with van der Waals surface area (Å²) >= 11 is 0. The summed E-state index contributed by atoms with van der Waals surface area (Å²) in [7, 11) is 0. The summed E-state index contributed by atoms with van der Waals surface area (Å²) in [5.74, 6) is -0.0837. The van der Waals surface area contributed by atoms with E-state index in [1.807, 2.05) is 55.5 Å². The quantitative estimate of drug-likeness (QED) is 0.586. The molecule has 2 heterocycles. The Hall–Kier alpha value is -3.21. The lowest BCUT2D eigenvalue weighted by Gasteiger charge is -2.08. The van der Waals surface area contributed by atoms with Crippen molar-refractivity contribution in [3.8, 4) is 11.4 Å². The van der Waals surface area contributed by atoms with Crippen molar-refractivity contribution in [2.45, 2.75) is 13.8 Å². The molecule has 4 aromatic rings. The second kappa shape index (κ2) is 5.45. The number of carbonyl (C=O) groups excluding carboxylic acids is 1. The van der Waals surface area contributed by atoms with Crippen molar-refractivity contribution in [2.75, 3.05) is 5.32 Å². The van der Waals surface area contributed by atoms with Crippen molar-refractivity contribution in [1.29, 1.82) is 0 Å². The fourth-order valence-corrected chi connectivity index (χ4v) is 2.96. The smallest absolute Gasteiger partial charge is 0.221 e. The standard InChI is InChI=1S/C19H16N4O/c1-11-9-18(19-14-5-3-4-6-17(14)22-23-19)21-16-8-7-13(10-15(11)16)20-12(2)24/h3-10H,1-2H3,(H,20,24)(H,22,23). The lowest BCUT2D eigenvalue weighted by Crippen LogP contribution is -2.05. The molecule has 0 unspecified atom stereocenters. The van der Waals surface area contributed by atoms with E-state index in [1.165, 1.54) is 6.92 Å². The zero-order valence-electron chi connectivity index (χ0n) is 13.4. The Labute approximate surface area is 138 Å². The predicted octanol–water partition coefficient (Wildman–Crippen LogP) is 4.04. The number of H-pyrrole nitrogens is 1. The molecule has 1 amide bonds. The van der Waals surface area contributed by atoms with Crippen molar-refractivity contribution in [3.63, 3.8) is 0 Å². The first kappa shape index (κ1) is 14.4. The maximum Gasteiger partial charge on any atom is 0.221 e. The zero-order valence-corrected chi connectivity index (χ0v) is 13.4. The Morgan fingerprint density at radius 1 is 1.08 bits per heavy atom. The number of aromatic amines is 1. The van der Waals surface area contributed by atoms with Gasteiger partial charge in [0.15, 0.2) is 0 Å². The van der Waals surface area contributed by atoms with Crippen LogP contribution >= 0.6 is 0 Å². The van der Waals surface area contributed by atoms with E-state index < -0.39 is 0 Å². The first-order chi connectivity index (χ1) is 11.6. The summed E-state index contributed by atoms with van der Waals surface area (Å²) in [6.07, 6.45) is 0. The summed E-state index contributed by atoms with van der Waals surface area (Å²) < 4.78 is 0. The number of para-hydroxylation sites is 1. The molecule has 2 N–H and O–H groups in total. The van der Waals surface area contributed by atoms with E-state index >= 15 is 0 Å². The Morgan fingerprint density at radius 2 is 1.92 bits per heavy atom. The number of rotatable bonds is 2. The molecule has 0 fully saturated rings. The van der Waals surface area contributed by atoms with Crippen LogP contribution in [0.3, 0.4) is 0 Å².